The molecule has 0 radical (unpaired) electrons. The second kappa shape index (κ2) is 4.52. The van der Waals surface area contributed by atoms with Crippen LogP contribution < -0.4 is 11.1 Å². The van der Waals surface area contributed by atoms with Crippen LogP contribution in [0.15, 0.2) is 0 Å². The number of amides is 2. The van der Waals surface area contributed by atoms with Gasteiger partial charge in [0, 0.05) is 26.1 Å². The molecule has 0 aromatic carbocycles. The van der Waals surface area contributed by atoms with E-state index in [-0.39, 0.29) is 23.9 Å². The molecule has 5 heteroatoms. The van der Waals surface area contributed by atoms with E-state index in [2.05, 4.69) is 5.32 Å². The highest BCUT2D eigenvalue weighted by atomic mass is 16.2. The molecule has 3 N–H and O–H groups in total. The lowest BCUT2D eigenvalue weighted by Crippen LogP contribution is -2.54. The van der Waals surface area contributed by atoms with Gasteiger partial charge in [0.05, 0.1) is 6.04 Å². The van der Waals surface area contributed by atoms with Gasteiger partial charge >= 0.3 is 0 Å². The summed E-state index contributed by atoms with van der Waals surface area (Å²) in [5.41, 5.74) is 5.44. The number of hydrogen-bond donors (Lipinski definition) is 2. The Hall–Kier alpha value is -0.940. The van der Waals surface area contributed by atoms with Crippen molar-refractivity contribution in [1.29, 1.82) is 0 Å². The van der Waals surface area contributed by atoms with Crippen LogP contribution in [0.25, 0.3) is 0 Å². The number of rotatable bonds is 3. The number of carbonyl (C=O) groups excluding carboxylic acids is 2. The third-order valence-corrected chi connectivity index (χ3v) is 2.49. The van der Waals surface area contributed by atoms with Gasteiger partial charge in [-0.1, -0.05) is 0 Å². The van der Waals surface area contributed by atoms with Crippen LogP contribution in [0.4, 0.5) is 0 Å². The Kier molecular flexibility index (Phi) is 3.60. The Balaban J connectivity index is 2.55. The molecule has 1 rings (SSSR count). The molecule has 0 aromatic rings. The first-order chi connectivity index (χ1) is 6.56. The summed E-state index contributed by atoms with van der Waals surface area (Å²) in [7, 11) is 1.52. The predicted molar refractivity (Wildman–Crippen MR) is 52.5 cm³/mol. The van der Waals surface area contributed by atoms with E-state index < -0.39 is 0 Å². The summed E-state index contributed by atoms with van der Waals surface area (Å²) < 4.78 is 0. The quantitative estimate of drug-likeness (QED) is 0.576. The molecule has 80 valence electrons. The minimum Gasteiger partial charge on any atom is -0.329 e. The van der Waals surface area contributed by atoms with E-state index in [0.29, 0.717) is 19.4 Å². The van der Waals surface area contributed by atoms with E-state index in [1.54, 1.807) is 0 Å². The van der Waals surface area contributed by atoms with E-state index >= 15 is 0 Å². The van der Waals surface area contributed by atoms with Gasteiger partial charge in [-0.2, -0.15) is 0 Å². The molecule has 5 nitrogen and oxygen atoms in total. The van der Waals surface area contributed by atoms with Gasteiger partial charge in [-0.05, 0) is 13.3 Å². The molecule has 0 spiro atoms. The third-order valence-electron chi connectivity index (χ3n) is 2.49. The average Bonchev–Trinajstić information content (AvgIpc) is 2.19. The van der Waals surface area contributed by atoms with Crippen molar-refractivity contribution in [2.75, 3.05) is 13.6 Å². The number of piperidine rings is 1. The molecule has 0 bridgehead atoms. The van der Waals surface area contributed by atoms with Crippen LogP contribution in [0.5, 0.6) is 0 Å². The predicted octanol–water partition coefficient (Wildman–Crippen LogP) is -0.929. The van der Waals surface area contributed by atoms with Crippen LogP contribution >= 0.6 is 0 Å². The first kappa shape index (κ1) is 11.1. The van der Waals surface area contributed by atoms with Crippen molar-refractivity contribution < 1.29 is 9.59 Å². The van der Waals surface area contributed by atoms with Crippen molar-refractivity contribution in [3.05, 3.63) is 0 Å². The zero-order chi connectivity index (χ0) is 10.7. The standard InChI is InChI=1S/C9H17N3O2/c1-6(5-10)11-7-3-4-8(13)12(2)9(7)14/h6-7,11H,3-5,10H2,1-2H3. The number of hydrogen-bond acceptors (Lipinski definition) is 4. The molecule has 0 aromatic heterocycles. The fraction of sp³-hybridized carbons (Fsp3) is 0.778. The minimum atomic E-state index is -0.253. The van der Waals surface area contributed by atoms with E-state index in [0.717, 1.165) is 0 Å². The van der Waals surface area contributed by atoms with Crippen molar-refractivity contribution in [1.82, 2.24) is 10.2 Å². The van der Waals surface area contributed by atoms with E-state index in [1.807, 2.05) is 6.92 Å². The first-order valence-electron chi connectivity index (χ1n) is 4.82. The molecule has 1 saturated heterocycles. The van der Waals surface area contributed by atoms with Gasteiger partial charge in [0.1, 0.15) is 0 Å². The lowest BCUT2D eigenvalue weighted by atomic mass is 10.0. The van der Waals surface area contributed by atoms with E-state index in [9.17, 15) is 9.59 Å². The van der Waals surface area contributed by atoms with Gasteiger partial charge in [0.15, 0.2) is 0 Å². The van der Waals surface area contributed by atoms with Gasteiger partial charge in [0.2, 0.25) is 11.8 Å². The molecule has 1 aliphatic rings. The number of likely N-dealkylation sites (tertiary alicyclic amines) is 1. The Morgan fingerprint density at radius 2 is 2.29 bits per heavy atom. The van der Waals surface area contributed by atoms with Crippen LogP contribution in [0.1, 0.15) is 19.8 Å². The maximum absolute atomic E-state index is 11.6. The highest BCUT2D eigenvalue weighted by molar-refractivity contribution is 6.00. The second-order valence-corrected chi connectivity index (χ2v) is 3.69. The van der Waals surface area contributed by atoms with Crippen molar-refractivity contribution in [2.45, 2.75) is 31.8 Å². The monoisotopic (exact) mass is 199 g/mol. The van der Waals surface area contributed by atoms with Gasteiger partial charge < -0.3 is 11.1 Å². The highest BCUT2D eigenvalue weighted by Gasteiger charge is 2.31. The first-order valence-corrected chi connectivity index (χ1v) is 4.82. The summed E-state index contributed by atoms with van der Waals surface area (Å²) in [6, 6.07) is -0.151. The van der Waals surface area contributed by atoms with Crippen LogP contribution in [-0.4, -0.2) is 42.4 Å². The summed E-state index contributed by atoms with van der Waals surface area (Å²) in [5.74, 6) is -0.255. The molecule has 2 amide bonds. The number of imide groups is 1. The van der Waals surface area contributed by atoms with Crippen LogP contribution in [0.3, 0.4) is 0 Å². The van der Waals surface area contributed by atoms with Crippen LogP contribution in [0.2, 0.25) is 0 Å². The molecule has 14 heavy (non-hydrogen) atoms. The number of carbonyl (C=O) groups is 2. The summed E-state index contributed by atoms with van der Waals surface area (Å²) in [6.45, 7) is 2.41. The normalized spacial score (nSPS) is 25.4. The zero-order valence-corrected chi connectivity index (χ0v) is 8.62. The second-order valence-electron chi connectivity index (χ2n) is 3.69. The van der Waals surface area contributed by atoms with Gasteiger partial charge in [-0.3, -0.25) is 14.5 Å². The third kappa shape index (κ3) is 2.30. The zero-order valence-electron chi connectivity index (χ0n) is 8.62. The van der Waals surface area contributed by atoms with Crippen molar-refractivity contribution in [2.24, 2.45) is 5.73 Å². The topological polar surface area (TPSA) is 75.4 Å². The number of nitrogens with two attached hydrogens (primary N) is 1. The number of nitrogens with one attached hydrogen (secondary N) is 1. The molecule has 2 unspecified atom stereocenters. The number of likely N-dealkylation sites (N-methyl/N-ethyl adjacent to an activating group) is 1. The molecule has 0 saturated carbocycles. The van der Waals surface area contributed by atoms with Crippen molar-refractivity contribution in [3.8, 4) is 0 Å². The molecule has 0 aliphatic carbocycles. The summed E-state index contributed by atoms with van der Waals surface area (Å²) >= 11 is 0. The molecule has 1 fully saturated rings. The Labute approximate surface area is 83.6 Å². The summed E-state index contributed by atoms with van der Waals surface area (Å²) in [4.78, 5) is 23.9. The molecular weight excluding hydrogens is 182 g/mol. The van der Waals surface area contributed by atoms with Gasteiger partial charge in [-0.15, -0.1) is 0 Å². The maximum atomic E-state index is 11.6. The van der Waals surface area contributed by atoms with E-state index in [1.165, 1.54) is 11.9 Å². The van der Waals surface area contributed by atoms with Crippen LogP contribution in [0, 0.1) is 0 Å². The SMILES string of the molecule is CC(CN)NC1CCC(=O)N(C)C1=O. The maximum Gasteiger partial charge on any atom is 0.246 e. The van der Waals surface area contributed by atoms with Gasteiger partial charge in [-0.25, -0.2) is 0 Å². The fourth-order valence-corrected chi connectivity index (χ4v) is 1.48. The summed E-state index contributed by atoms with van der Waals surface area (Å²) in [6.07, 6.45) is 1.00. The molecule has 1 heterocycles. The lowest BCUT2D eigenvalue weighted by Gasteiger charge is -2.30. The largest absolute Gasteiger partial charge is 0.329 e. The average molecular weight is 199 g/mol. The van der Waals surface area contributed by atoms with Crippen molar-refractivity contribution in [3.63, 3.8) is 0 Å². The smallest absolute Gasteiger partial charge is 0.246 e. The molecular formula is C9H17N3O2. The Morgan fingerprint density at radius 3 is 2.86 bits per heavy atom. The lowest BCUT2D eigenvalue weighted by molar-refractivity contribution is -0.148. The minimum absolute atomic E-state index is 0.102. The van der Waals surface area contributed by atoms with Crippen molar-refractivity contribution >= 4 is 11.8 Å². The fourth-order valence-electron chi connectivity index (χ4n) is 1.48. The Bertz CT molecular complexity index is 242. The molecule has 1 aliphatic heterocycles. The Morgan fingerprint density at radius 1 is 1.64 bits per heavy atom. The molecule has 2 atom stereocenters. The van der Waals surface area contributed by atoms with Gasteiger partial charge in [0.25, 0.3) is 0 Å². The number of nitrogens with zero attached hydrogens (tertiary/aromatic N) is 1. The summed E-state index contributed by atoms with van der Waals surface area (Å²) in [5, 5.41) is 3.10. The van der Waals surface area contributed by atoms with Crippen LogP contribution in [-0.2, 0) is 9.59 Å². The van der Waals surface area contributed by atoms with E-state index in [4.69, 9.17) is 5.73 Å². The highest BCUT2D eigenvalue weighted by Crippen LogP contribution is 2.11.